The van der Waals surface area contributed by atoms with E-state index >= 15 is 0 Å². The molecule has 1 aliphatic carbocycles. The van der Waals surface area contributed by atoms with E-state index in [4.69, 9.17) is 4.74 Å². The third-order valence-corrected chi connectivity index (χ3v) is 3.57. The molecule has 0 amide bonds. The lowest BCUT2D eigenvalue weighted by atomic mass is 9.90. The molecule has 1 heterocycles. The number of ketones is 1. The van der Waals surface area contributed by atoms with Gasteiger partial charge >= 0.3 is 0 Å². The third-order valence-electron chi connectivity index (χ3n) is 3.57. The molecule has 21 heavy (non-hydrogen) atoms. The zero-order valence-electron chi connectivity index (χ0n) is 11.0. The molecule has 0 spiro atoms. The first-order valence-corrected chi connectivity index (χ1v) is 6.50. The van der Waals surface area contributed by atoms with E-state index in [1.54, 1.807) is 6.07 Å². The van der Waals surface area contributed by atoms with Gasteiger partial charge in [0.2, 0.25) is 0 Å². The van der Waals surface area contributed by atoms with Crippen LogP contribution in [0.5, 0.6) is 11.5 Å². The standard InChI is InChI=1S/C15H14O6/c16-8-4-11(19)15-12(20)6-13(21-14(15)5-8)7-1-2-9(17)10(18)3-7/h1-3,5,8,13,16-18,20H,4,6H2. The van der Waals surface area contributed by atoms with Gasteiger partial charge in [0.05, 0.1) is 11.7 Å². The Morgan fingerprint density at radius 1 is 1.10 bits per heavy atom. The molecule has 0 saturated heterocycles. The second kappa shape index (κ2) is 4.82. The number of benzene rings is 1. The van der Waals surface area contributed by atoms with Crippen LogP contribution in [0.1, 0.15) is 24.5 Å². The van der Waals surface area contributed by atoms with E-state index in [-0.39, 0.29) is 47.2 Å². The molecule has 6 heteroatoms. The number of aromatic hydroxyl groups is 2. The molecule has 0 fully saturated rings. The van der Waals surface area contributed by atoms with Crippen LogP contribution >= 0.6 is 0 Å². The summed E-state index contributed by atoms with van der Waals surface area (Å²) in [5, 5.41) is 38.5. The fraction of sp³-hybridized carbons (Fsp3) is 0.267. The van der Waals surface area contributed by atoms with Crippen molar-refractivity contribution in [1.82, 2.24) is 0 Å². The minimum atomic E-state index is -0.934. The summed E-state index contributed by atoms with van der Waals surface area (Å²) >= 11 is 0. The van der Waals surface area contributed by atoms with Gasteiger partial charge < -0.3 is 25.2 Å². The molecule has 2 aliphatic rings. The van der Waals surface area contributed by atoms with Crippen LogP contribution in [0.3, 0.4) is 0 Å². The highest BCUT2D eigenvalue weighted by Crippen LogP contribution is 2.40. The maximum absolute atomic E-state index is 11.8. The summed E-state index contributed by atoms with van der Waals surface area (Å²) < 4.78 is 5.65. The van der Waals surface area contributed by atoms with E-state index in [9.17, 15) is 25.2 Å². The van der Waals surface area contributed by atoms with Crippen molar-refractivity contribution >= 4 is 5.78 Å². The van der Waals surface area contributed by atoms with Crippen molar-refractivity contribution < 1.29 is 30.0 Å². The Kier molecular flexibility index (Phi) is 3.10. The highest BCUT2D eigenvalue weighted by molar-refractivity contribution is 6.01. The number of Topliss-reactive ketones (excluding diaryl/α,β-unsaturated/α-hetero) is 1. The third kappa shape index (κ3) is 2.34. The number of aliphatic hydroxyl groups is 2. The van der Waals surface area contributed by atoms with Gasteiger partial charge in [0, 0.05) is 12.8 Å². The van der Waals surface area contributed by atoms with Gasteiger partial charge in [0.1, 0.15) is 17.6 Å². The monoisotopic (exact) mass is 290 g/mol. The molecular weight excluding hydrogens is 276 g/mol. The second-order valence-electron chi connectivity index (χ2n) is 5.11. The SMILES string of the molecule is O=C1CC(O)C=C2OC(c3ccc(O)c(O)c3)CC(O)=C12. The van der Waals surface area contributed by atoms with Gasteiger partial charge in [-0.25, -0.2) is 0 Å². The second-order valence-corrected chi connectivity index (χ2v) is 5.11. The van der Waals surface area contributed by atoms with Gasteiger partial charge in [-0.1, -0.05) is 6.07 Å². The molecular formula is C15H14O6. The maximum atomic E-state index is 11.8. The quantitative estimate of drug-likeness (QED) is 0.585. The summed E-state index contributed by atoms with van der Waals surface area (Å²) in [7, 11) is 0. The van der Waals surface area contributed by atoms with Crippen molar-refractivity contribution in [2.45, 2.75) is 25.0 Å². The Morgan fingerprint density at radius 2 is 1.86 bits per heavy atom. The largest absolute Gasteiger partial charge is 0.511 e. The van der Waals surface area contributed by atoms with Gasteiger partial charge in [-0.05, 0) is 23.8 Å². The summed E-state index contributed by atoms with van der Waals surface area (Å²) in [5.41, 5.74) is 0.656. The molecule has 3 rings (SSSR count). The van der Waals surface area contributed by atoms with Crippen molar-refractivity contribution in [2.75, 3.05) is 0 Å². The lowest BCUT2D eigenvalue weighted by Crippen LogP contribution is -2.27. The van der Waals surface area contributed by atoms with Crippen LogP contribution in [0.2, 0.25) is 0 Å². The zero-order valence-corrected chi connectivity index (χ0v) is 11.0. The van der Waals surface area contributed by atoms with Crippen LogP contribution in [0.4, 0.5) is 0 Å². The van der Waals surface area contributed by atoms with Crippen molar-refractivity contribution in [3.05, 3.63) is 46.9 Å². The average Bonchev–Trinajstić information content (AvgIpc) is 2.40. The lowest BCUT2D eigenvalue weighted by molar-refractivity contribution is -0.118. The average molecular weight is 290 g/mol. The van der Waals surface area contributed by atoms with E-state index in [0.717, 1.165) is 0 Å². The number of phenols is 2. The van der Waals surface area contributed by atoms with Gasteiger partial charge in [0.15, 0.2) is 17.3 Å². The number of hydrogen-bond donors (Lipinski definition) is 4. The minimum Gasteiger partial charge on any atom is -0.511 e. The Labute approximate surface area is 120 Å². The van der Waals surface area contributed by atoms with Gasteiger partial charge in [-0.15, -0.1) is 0 Å². The maximum Gasteiger partial charge on any atom is 0.172 e. The fourth-order valence-electron chi connectivity index (χ4n) is 2.55. The Morgan fingerprint density at radius 3 is 2.57 bits per heavy atom. The Balaban J connectivity index is 1.97. The summed E-state index contributed by atoms with van der Waals surface area (Å²) in [4.78, 5) is 11.8. The van der Waals surface area contributed by atoms with E-state index in [2.05, 4.69) is 0 Å². The summed E-state index contributed by atoms with van der Waals surface area (Å²) in [6.07, 6.45) is -0.143. The van der Waals surface area contributed by atoms with E-state index in [0.29, 0.717) is 5.56 Å². The number of allylic oxidation sites excluding steroid dienone is 1. The molecule has 0 saturated carbocycles. The number of aliphatic hydroxyl groups excluding tert-OH is 2. The Bertz CT molecular complexity index is 673. The molecule has 1 aromatic carbocycles. The lowest BCUT2D eigenvalue weighted by Gasteiger charge is -2.30. The minimum absolute atomic E-state index is 0.0725. The van der Waals surface area contributed by atoms with E-state index in [1.165, 1.54) is 18.2 Å². The number of phenolic OH excluding ortho intramolecular Hbond substituents is 2. The molecule has 4 N–H and O–H groups in total. The first kappa shape index (κ1) is 13.5. The van der Waals surface area contributed by atoms with Crippen molar-refractivity contribution in [3.8, 4) is 11.5 Å². The van der Waals surface area contributed by atoms with Crippen molar-refractivity contribution in [2.24, 2.45) is 0 Å². The van der Waals surface area contributed by atoms with Crippen molar-refractivity contribution in [3.63, 3.8) is 0 Å². The van der Waals surface area contributed by atoms with Gasteiger partial charge in [0.25, 0.3) is 0 Å². The number of ether oxygens (including phenoxy) is 1. The van der Waals surface area contributed by atoms with Crippen molar-refractivity contribution in [1.29, 1.82) is 0 Å². The number of rotatable bonds is 1. The van der Waals surface area contributed by atoms with Crippen LogP contribution < -0.4 is 0 Å². The van der Waals surface area contributed by atoms with Crippen LogP contribution in [0.25, 0.3) is 0 Å². The molecule has 0 bridgehead atoms. The van der Waals surface area contributed by atoms with Crippen LogP contribution in [-0.4, -0.2) is 32.3 Å². The highest BCUT2D eigenvalue weighted by Gasteiger charge is 2.35. The number of hydrogen-bond acceptors (Lipinski definition) is 6. The molecule has 0 radical (unpaired) electrons. The summed E-state index contributed by atoms with van der Waals surface area (Å²) in [6, 6.07) is 4.21. The zero-order chi connectivity index (χ0) is 15.1. The number of carbonyl (C=O) groups excluding carboxylic acids is 1. The van der Waals surface area contributed by atoms with E-state index < -0.39 is 12.2 Å². The highest BCUT2D eigenvalue weighted by atomic mass is 16.5. The first-order chi connectivity index (χ1) is 9.95. The molecule has 2 atom stereocenters. The predicted molar refractivity (Wildman–Crippen MR) is 71.6 cm³/mol. The fourth-order valence-corrected chi connectivity index (χ4v) is 2.55. The molecule has 1 aliphatic heterocycles. The van der Waals surface area contributed by atoms with E-state index in [1.807, 2.05) is 0 Å². The Hall–Kier alpha value is -2.47. The normalized spacial score (nSPS) is 25.2. The van der Waals surface area contributed by atoms with Crippen LogP contribution in [0.15, 0.2) is 41.4 Å². The van der Waals surface area contributed by atoms with Gasteiger partial charge in [-0.2, -0.15) is 0 Å². The molecule has 6 nitrogen and oxygen atoms in total. The number of carbonyl (C=O) groups is 1. The topological polar surface area (TPSA) is 107 Å². The predicted octanol–water partition coefficient (Wildman–Crippen LogP) is 1.59. The molecule has 110 valence electrons. The molecule has 2 unspecified atom stereocenters. The summed E-state index contributed by atoms with van der Waals surface area (Å²) in [6.45, 7) is 0. The van der Waals surface area contributed by atoms with Gasteiger partial charge in [-0.3, -0.25) is 4.79 Å². The molecule has 1 aromatic rings. The summed E-state index contributed by atoms with van der Waals surface area (Å²) in [5.74, 6) is -0.844. The first-order valence-electron chi connectivity index (χ1n) is 6.50. The smallest absolute Gasteiger partial charge is 0.172 e. The van der Waals surface area contributed by atoms with Crippen LogP contribution in [0, 0.1) is 0 Å². The number of fused-ring (bicyclic) bond motifs is 1. The molecule has 0 aromatic heterocycles. The van der Waals surface area contributed by atoms with Crippen LogP contribution in [-0.2, 0) is 9.53 Å².